The van der Waals surface area contributed by atoms with E-state index in [4.69, 9.17) is 14.2 Å². The van der Waals surface area contributed by atoms with E-state index in [1.165, 1.54) is 19.2 Å². The van der Waals surface area contributed by atoms with Gasteiger partial charge < -0.3 is 30.2 Å². The zero-order valence-corrected chi connectivity index (χ0v) is 27.3. The van der Waals surface area contributed by atoms with Crippen LogP contribution in [0.15, 0.2) is 103 Å². The van der Waals surface area contributed by atoms with E-state index >= 15 is 0 Å². The van der Waals surface area contributed by atoms with Gasteiger partial charge in [0.1, 0.15) is 18.5 Å². The van der Waals surface area contributed by atoms with Crippen LogP contribution in [0.25, 0.3) is 0 Å². The highest BCUT2D eigenvalue weighted by Gasteiger charge is 2.33. The number of carbonyl (C=O) groups excluding carboxylic acids is 3. The minimum absolute atomic E-state index is 0.0699. The second-order valence-corrected chi connectivity index (χ2v) is 11.9. The van der Waals surface area contributed by atoms with Crippen molar-refractivity contribution in [1.29, 1.82) is 0 Å². The molecular formula is C38H41FN4O6. The van der Waals surface area contributed by atoms with Crippen LogP contribution >= 0.6 is 0 Å². The van der Waals surface area contributed by atoms with Gasteiger partial charge in [-0.15, -0.1) is 0 Å². The van der Waals surface area contributed by atoms with Crippen LogP contribution in [0.3, 0.4) is 0 Å². The number of Topliss-reactive ketones (excluding diaryl/α,β-unsaturated/α-hetero) is 1. The molecule has 2 heterocycles. The number of aryl methyl sites for hydroxylation is 1. The third-order valence-corrected chi connectivity index (χ3v) is 8.49. The molecule has 256 valence electrons. The number of hydrogen-bond donors (Lipinski definition) is 3. The van der Waals surface area contributed by atoms with Crippen molar-refractivity contribution in [2.45, 2.75) is 49.9 Å². The first-order chi connectivity index (χ1) is 23.9. The lowest BCUT2D eigenvalue weighted by Gasteiger charge is -2.30. The van der Waals surface area contributed by atoms with Crippen molar-refractivity contribution < 1.29 is 33.0 Å². The van der Waals surface area contributed by atoms with Gasteiger partial charge >= 0.3 is 12.2 Å². The molecule has 0 bridgehead atoms. The lowest BCUT2D eigenvalue weighted by Crippen LogP contribution is -2.49. The largest absolute Gasteiger partial charge is 0.453 e. The van der Waals surface area contributed by atoms with E-state index < -0.39 is 24.1 Å². The van der Waals surface area contributed by atoms with Crippen LogP contribution < -0.4 is 16.0 Å². The summed E-state index contributed by atoms with van der Waals surface area (Å²) in [5.41, 5.74) is 4.31. The molecule has 1 saturated heterocycles. The quantitative estimate of drug-likeness (QED) is 0.169. The van der Waals surface area contributed by atoms with Crippen LogP contribution in [0.5, 0.6) is 0 Å². The molecule has 3 atom stereocenters. The molecule has 3 aromatic carbocycles. The predicted octanol–water partition coefficient (Wildman–Crippen LogP) is 5.11. The number of hydrogen-bond acceptors (Lipinski definition) is 8. The van der Waals surface area contributed by atoms with E-state index in [0.29, 0.717) is 26.0 Å². The first-order valence-corrected chi connectivity index (χ1v) is 16.3. The normalized spacial score (nSPS) is 16.4. The molecule has 3 N–H and O–H groups in total. The van der Waals surface area contributed by atoms with Crippen molar-refractivity contribution in [3.8, 4) is 0 Å². The molecule has 1 aromatic heterocycles. The number of ketones is 1. The highest BCUT2D eigenvalue weighted by molar-refractivity contribution is 5.90. The molecule has 0 spiro atoms. The smallest absolute Gasteiger partial charge is 0.407 e. The number of benzene rings is 3. The lowest BCUT2D eigenvalue weighted by atomic mass is 9.81. The number of pyridine rings is 1. The van der Waals surface area contributed by atoms with Gasteiger partial charge in [-0.3, -0.25) is 9.78 Å². The van der Waals surface area contributed by atoms with E-state index in [1.807, 2.05) is 66.7 Å². The van der Waals surface area contributed by atoms with Gasteiger partial charge in [0.05, 0.1) is 25.9 Å². The van der Waals surface area contributed by atoms with Gasteiger partial charge in [-0.25, -0.2) is 14.0 Å². The van der Waals surface area contributed by atoms with Gasteiger partial charge in [0.2, 0.25) is 0 Å². The SMILES string of the molecule is COC(=O)N[C@H](C(=O)Cc1cnccc1CC[C@@H]1CN[C@H](COC(=O)NCc2ccc(F)cc2)CO1)C(c1ccccc1)c1ccccc1. The number of nitrogens with zero attached hydrogens (tertiary/aromatic N) is 1. The maximum atomic E-state index is 14.1. The third kappa shape index (κ3) is 10.4. The second kappa shape index (κ2) is 17.9. The Hall–Kier alpha value is -5.13. The van der Waals surface area contributed by atoms with Crippen LogP contribution in [-0.2, 0) is 38.4 Å². The number of ether oxygens (including phenoxy) is 3. The van der Waals surface area contributed by atoms with E-state index in [1.54, 1.807) is 24.5 Å². The van der Waals surface area contributed by atoms with E-state index in [2.05, 4.69) is 20.9 Å². The van der Waals surface area contributed by atoms with E-state index in [-0.39, 0.29) is 43.3 Å². The van der Waals surface area contributed by atoms with Crippen LogP contribution in [-0.4, -0.2) is 68.0 Å². The van der Waals surface area contributed by atoms with Gasteiger partial charge in [0.15, 0.2) is 5.78 Å². The number of alkyl carbamates (subject to hydrolysis) is 2. The van der Waals surface area contributed by atoms with Crippen molar-refractivity contribution in [1.82, 2.24) is 20.9 Å². The topological polar surface area (TPSA) is 128 Å². The summed E-state index contributed by atoms with van der Waals surface area (Å²) in [4.78, 5) is 43.0. The molecule has 0 aliphatic carbocycles. The Morgan fingerprint density at radius 1 is 0.939 bits per heavy atom. The number of carbonyl (C=O) groups is 3. The fourth-order valence-corrected chi connectivity index (χ4v) is 5.87. The zero-order valence-electron chi connectivity index (χ0n) is 27.3. The average molecular weight is 669 g/mol. The molecule has 1 fully saturated rings. The number of aromatic nitrogens is 1. The minimum atomic E-state index is -0.889. The molecule has 1 aliphatic rings. The van der Waals surface area contributed by atoms with Crippen molar-refractivity contribution in [2.24, 2.45) is 0 Å². The number of amides is 2. The summed E-state index contributed by atoms with van der Waals surface area (Å²) < 4.78 is 29.4. The van der Waals surface area contributed by atoms with E-state index in [9.17, 15) is 18.8 Å². The molecule has 49 heavy (non-hydrogen) atoms. The van der Waals surface area contributed by atoms with Crippen LogP contribution in [0, 0.1) is 5.82 Å². The summed E-state index contributed by atoms with van der Waals surface area (Å²) in [6.07, 6.45) is 3.52. The van der Waals surface area contributed by atoms with Gasteiger partial charge in [-0.05, 0) is 58.9 Å². The zero-order chi connectivity index (χ0) is 34.4. The second-order valence-electron chi connectivity index (χ2n) is 11.9. The molecule has 0 unspecified atom stereocenters. The average Bonchev–Trinajstić information content (AvgIpc) is 3.14. The van der Waals surface area contributed by atoms with Gasteiger partial charge in [0.25, 0.3) is 0 Å². The number of rotatable bonds is 14. The van der Waals surface area contributed by atoms with Gasteiger partial charge in [-0.2, -0.15) is 0 Å². The van der Waals surface area contributed by atoms with Crippen molar-refractivity contribution >= 4 is 18.0 Å². The molecule has 0 saturated carbocycles. The van der Waals surface area contributed by atoms with Crippen molar-refractivity contribution in [3.63, 3.8) is 0 Å². The van der Waals surface area contributed by atoms with Crippen LogP contribution in [0.1, 0.15) is 40.2 Å². The van der Waals surface area contributed by atoms with Gasteiger partial charge in [0, 0.05) is 37.8 Å². The maximum absolute atomic E-state index is 14.1. The fraction of sp³-hybridized carbons (Fsp3) is 0.316. The first-order valence-electron chi connectivity index (χ1n) is 16.3. The summed E-state index contributed by atoms with van der Waals surface area (Å²) in [6, 6.07) is 26.0. The first kappa shape index (κ1) is 35.2. The highest BCUT2D eigenvalue weighted by atomic mass is 19.1. The molecule has 2 amide bonds. The minimum Gasteiger partial charge on any atom is -0.453 e. The molecule has 5 rings (SSSR count). The summed E-state index contributed by atoms with van der Waals surface area (Å²) in [7, 11) is 1.28. The summed E-state index contributed by atoms with van der Waals surface area (Å²) in [5, 5.41) is 8.85. The molecule has 0 radical (unpaired) electrons. The molecule has 11 heteroatoms. The summed E-state index contributed by atoms with van der Waals surface area (Å²) in [6.45, 7) is 1.33. The molecule has 10 nitrogen and oxygen atoms in total. The standard InChI is InChI=1S/C38H41FN4O6/c1-47-38(46)43-36(35(28-8-4-2-5-9-28)29-10-6-3-7-11-29)34(44)20-30-22-40-19-18-27(30)14-17-33-23-41-32(24-48-33)25-49-37(45)42-21-26-12-15-31(39)16-13-26/h2-13,15-16,18-19,22,32-33,35-36,41H,14,17,20-21,23-25H2,1H3,(H,42,45)(H,43,46)/t32-,33+,36+/m0/s1. The molecule has 1 aliphatic heterocycles. The summed E-state index contributed by atoms with van der Waals surface area (Å²) in [5.74, 6) is -0.939. The molecular weight excluding hydrogens is 627 g/mol. The monoisotopic (exact) mass is 668 g/mol. The third-order valence-electron chi connectivity index (χ3n) is 8.49. The number of morpholine rings is 1. The van der Waals surface area contributed by atoms with E-state index in [0.717, 1.165) is 27.8 Å². The lowest BCUT2D eigenvalue weighted by molar-refractivity contribution is -0.120. The number of methoxy groups -OCH3 is 1. The Kier molecular flexibility index (Phi) is 12.8. The van der Waals surface area contributed by atoms with Crippen molar-refractivity contribution in [3.05, 3.63) is 137 Å². The van der Waals surface area contributed by atoms with Crippen molar-refractivity contribution in [2.75, 3.05) is 26.9 Å². The Bertz CT molecular complexity index is 1610. The van der Waals surface area contributed by atoms with Gasteiger partial charge in [-0.1, -0.05) is 72.8 Å². The number of halogens is 1. The predicted molar refractivity (Wildman–Crippen MR) is 181 cm³/mol. The Balaban J connectivity index is 1.15. The van der Waals surface area contributed by atoms with Crippen LogP contribution in [0.4, 0.5) is 14.0 Å². The summed E-state index contributed by atoms with van der Waals surface area (Å²) >= 11 is 0. The maximum Gasteiger partial charge on any atom is 0.407 e. The Morgan fingerprint density at radius 3 is 2.27 bits per heavy atom. The Labute approximate surface area is 285 Å². The fourth-order valence-electron chi connectivity index (χ4n) is 5.87. The number of nitrogens with one attached hydrogen (secondary N) is 3. The van der Waals surface area contributed by atoms with Crippen LogP contribution in [0.2, 0.25) is 0 Å². The Morgan fingerprint density at radius 2 is 1.63 bits per heavy atom. The highest BCUT2D eigenvalue weighted by Crippen LogP contribution is 2.30. The molecule has 4 aromatic rings.